The molecule has 23 heavy (non-hydrogen) atoms. The second-order valence-corrected chi connectivity index (χ2v) is 5.36. The molecule has 0 aromatic heterocycles. The Labute approximate surface area is 137 Å². The normalized spacial score (nSPS) is 36.3. The van der Waals surface area contributed by atoms with Gasteiger partial charge in [-0.05, 0) is 12.5 Å². The summed E-state index contributed by atoms with van der Waals surface area (Å²) in [5.41, 5.74) is 0.598. The molecule has 0 bridgehead atoms. The molecule has 1 aromatic rings. The molecular formula is C17H24O6. The van der Waals surface area contributed by atoms with Crippen molar-refractivity contribution in [2.24, 2.45) is 0 Å². The van der Waals surface area contributed by atoms with E-state index < -0.39 is 36.6 Å². The summed E-state index contributed by atoms with van der Waals surface area (Å²) in [6.45, 7) is 5.27. The maximum Gasteiger partial charge on any atom is 0.202 e. The first-order valence-corrected chi connectivity index (χ1v) is 7.43. The van der Waals surface area contributed by atoms with Crippen LogP contribution < -0.4 is 0 Å². The fourth-order valence-corrected chi connectivity index (χ4v) is 2.58. The molecule has 0 amide bonds. The van der Waals surface area contributed by atoms with Gasteiger partial charge in [0.2, 0.25) is 5.79 Å². The Hall–Kier alpha value is -1.28. The summed E-state index contributed by atoms with van der Waals surface area (Å²) >= 11 is 0. The van der Waals surface area contributed by atoms with Gasteiger partial charge in [0.15, 0.2) is 6.10 Å². The lowest BCUT2D eigenvalue weighted by Gasteiger charge is -2.48. The van der Waals surface area contributed by atoms with Crippen molar-refractivity contribution in [2.45, 2.75) is 43.5 Å². The molecule has 1 aliphatic heterocycles. The molecule has 0 aliphatic carbocycles. The number of aliphatic hydroxyl groups is 2. The summed E-state index contributed by atoms with van der Waals surface area (Å²) in [5, 5.41) is 21.0. The van der Waals surface area contributed by atoms with Crippen LogP contribution in [0.25, 0.3) is 0 Å². The van der Waals surface area contributed by atoms with Crippen LogP contribution in [0.2, 0.25) is 0 Å². The zero-order chi connectivity index (χ0) is 17.7. The third-order valence-electron chi connectivity index (χ3n) is 3.71. The van der Waals surface area contributed by atoms with Crippen LogP contribution in [0.5, 0.6) is 0 Å². The van der Waals surface area contributed by atoms with Crippen molar-refractivity contribution >= 4 is 0 Å². The lowest BCUT2D eigenvalue weighted by Crippen LogP contribution is -2.66. The van der Waals surface area contributed by atoms with Crippen molar-refractivity contribution in [2.75, 3.05) is 13.7 Å². The minimum atomic E-state index is -1.74. The van der Waals surface area contributed by atoms with E-state index in [4.69, 9.17) is 15.7 Å². The van der Waals surface area contributed by atoms with Gasteiger partial charge >= 0.3 is 0 Å². The Morgan fingerprint density at radius 2 is 2.09 bits per heavy atom. The zero-order valence-electron chi connectivity index (χ0n) is 14.3. The number of rotatable bonds is 7. The Morgan fingerprint density at radius 3 is 2.70 bits per heavy atom. The second kappa shape index (κ2) is 8.01. The monoisotopic (exact) mass is 325 g/mol. The van der Waals surface area contributed by atoms with Gasteiger partial charge in [-0.3, -0.25) is 0 Å². The van der Waals surface area contributed by atoms with Gasteiger partial charge in [0.1, 0.15) is 12.2 Å². The van der Waals surface area contributed by atoms with Crippen LogP contribution in [0.15, 0.2) is 43.0 Å². The van der Waals surface area contributed by atoms with Gasteiger partial charge in [-0.25, -0.2) is 9.78 Å². The average molecular weight is 325 g/mol. The van der Waals surface area contributed by atoms with E-state index >= 15 is 0 Å². The standard InChI is InChI=1S/C17H24O6/c1-4-10-21-17(11-13-8-6-5-7-9-13)16(19)15(23-20-3)14(18)12(2)22-17/h4-9,12,14-16,18-19H,1,10-11H2,2-3H3/t12-,14+,15+,16-,17?/m0/s1/i11D/t11?,12-,14+,15+,16-,17?. The third-order valence-corrected chi connectivity index (χ3v) is 3.71. The van der Waals surface area contributed by atoms with Gasteiger partial charge in [-0.1, -0.05) is 36.4 Å². The summed E-state index contributed by atoms with van der Waals surface area (Å²) in [7, 11) is 1.28. The van der Waals surface area contributed by atoms with Crippen molar-refractivity contribution in [3.8, 4) is 0 Å². The number of hydrogen-bond donors (Lipinski definition) is 2. The Bertz CT molecular complexity index is 527. The molecule has 6 heteroatoms. The summed E-state index contributed by atoms with van der Waals surface area (Å²) in [6.07, 6.45) is -4.03. The maximum absolute atomic E-state index is 10.8. The lowest BCUT2D eigenvalue weighted by molar-refractivity contribution is -0.413. The number of benzene rings is 1. The highest BCUT2D eigenvalue weighted by molar-refractivity contribution is 5.18. The maximum atomic E-state index is 10.8. The zero-order valence-corrected chi connectivity index (χ0v) is 13.3. The van der Waals surface area contributed by atoms with Crippen LogP contribution >= 0.6 is 0 Å². The summed E-state index contributed by atoms with van der Waals surface area (Å²) in [4.78, 5) is 9.67. The van der Waals surface area contributed by atoms with Crippen molar-refractivity contribution in [1.82, 2.24) is 0 Å². The number of hydrogen-bond acceptors (Lipinski definition) is 6. The SMILES string of the molecule is [2H]C(c1ccccc1)C1(OCC=C)O[C@@H](C)[C@@H](O)[C@@H](OOC)[C@@H]1O. The third kappa shape index (κ3) is 3.98. The van der Waals surface area contributed by atoms with Crippen molar-refractivity contribution in [3.63, 3.8) is 0 Å². The Morgan fingerprint density at radius 1 is 1.39 bits per heavy atom. The molecule has 2 N–H and O–H groups in total. The first-order chi connectivity index (χ1) is 11.5. The largest absolute Gasteiger partial charge is 0.387 e. The van der Waals surface area contributed by atoms with Crippen LogP contribution in [-0.2, 0) is 25.6 Å². The van der Waals surface area contributed by atoms with Gasteiger partial charge in [-0.15, -0.1) is 6.58 Å². The van der Waals surface area contributed by atoms with Crippen LogP contribution in [0.1, 0.15) is 13.9 Å². The van der Waals surface area contributed by atoms with E-state index in [0.717, 1.165) is 0 Å². The van der Waals surface area contributed by atoms with E-state index in [1.165, 1.54) is 13.2 Å². The van der Waals surface area contributed by atoms with E-state index in [2.05, 4.69) is 11.5 Å². The van der Waals surface area contributed by atoms with E-state index in [0.29, 0.717) is 5.56 Å². The topological polar surface area (TPSA) is 77.4 Å². The smallest absolute Gasteiger partial charge is 0.202 e. The summed E-state index contributed by atoms with van der Waals surface area (Å²) in [6, 6.07) is 8.89. The highest BCUT2D eigenvalue weighted by Crippen LogP contribution is 2.35. The highest BCUT2D eigenvalue weighted by atomic mass is 17.2. The molecule has 1 saturated heterocycles. The van der Waals surface area contributed by atoms with E-state index in [-0.39, 0.29) is 6.61 Å². The molecule has 2 rings (SSSR count). The van der Waals surface area contributed by atoms with Crippen LogP contribution in [0, 0.1) is 0 Å². The predicted octanol–water partition coefficient (Wildman–Crippen LogP) is 1.22. The second-order valence-electron chi connectivity index (χ2n) is 5.36. The molecule has 0 saturated carbocycles. The summed E-state index contributed by atoms with van der Waals surface area (Å²) in [5.74, 6) is -1.74. The lowest BCUT2D eigenvalue weighted by atomic mass is 9.88. The van der Waals surface area contributed by atoms with Gasteiger partial charge in [0, 0.05) is 7.77 Å². The molecule has 1 aromatic carbocycles. The Balaban J connectivity index is 2.43. The first-order valence-electron chi connectivity index (χ1n) is 8.01. The van der Waals surface area contributed by atoms with E-state index in [1.54, 1.807) is 31.2 Å². The van der Waals surface area contributed by atoms with Crippen LogP contribution in [0.4, 0.5) is 0 Å². The highest BCUT2D eigenvalue weighted by Gasteiger charge is 2.55. The van der Waals surface area contributed by atoms with Gasteiger partial charge in [-0.2, -0.15) is 0 Å². The van der Waals surface area contributed by atoms with Crippen molar-refractivity contribution in [3.05, 3.63) is 48.6 Å². The van der Waals surface area contributed by atoms with Crippen LogP contribution in [0.3, 0.4) is 0 Å². The molecular weight excluding hydrogens is 300 g/mol. The Kier molecular flexibility index (Phi) is 5.77. The quantitative estimate of drug-likeness (QED) is 0.446. The summed E-state index contributed by atoms with van der Waals surface area (Å²) < 4.78 is 20.1. The minimum Gasteiger partial charge on any atom is -0.387 e. The van der Waals surface area contributed by atoms with E-state index in [1.807, 2.05) is 6.07 Å². The van der Waals surface area contributed by atoms with Gasteiger partial charge in [0.05, 0.1) is 19.8 Å². The van der Waals surface area contributed by atoms with E-state index in [9.17, 15) is 10.2 Å². The van der Waals surface area contributed by atoms with Crippen molar-refractivity contribution in [1.29, 1.82) is 0 Å². The van der Waals surface area contributed by atoms with Crippen molar-refractivity contribution < 1.29 is 30.8 Å². The molecule has 0 spiro atoms. The number of ether oxygens (including phenoxy) is 2. The van der Waals surface area contributed by atoms with Gasteiger partial charge in [0.25, 0.3) is 0 Å². The molecule has 2 unspecified atom stereocenters. The van der Waals surface area contributed by atoms with Gasteiger partial charge < -0.3 is 19.7 Å². The molecule has 1 heterocycles. The fourth-order valence-electron chi connectivity index (χ4n) is 2.58. The molecule has 1 aliphatic rings. The molecule has 1 fully saturated rings. The fraction of sp³-hybridized carbons (Fsp3) is 0.529. The average Bonchev–Trinajstić information content (AvgIpc) is 2.61. The predicted molar refractivity (Wildman–Crippen MR) is 83.5 cm³/mol. The molecule has 6 atom stereocenters. The molecule has 128 valence electrons. The number of aliphatic hydroxyl groups excluding tert-OH is 2. The molecule has 6 nitrogen and oxygen atoms in total. The molecule has 0 radical (unpaired) electrons. The van der Waals surface area contributed by atoms with Crippen LogP contribution in [-0.4, -0.2) is 54.1 Å². The first kappa shape index (κ1) is 16.6. The minimum absolute atomic E-state index is 0.0573.